The van der Waals surface area contributed by atoms with Gasteiger partial charge in [0, 0.05) is 17.8 Å². The third-order valence-corrected chi connectivity index (χ3v) is 3.47. The van der Waals surface area contributed by atoms with Gasteiger partial charge in [0.25, 0.3) is 0 Å². The van der Waals surface area contributed by atoms with E-state index in [1.54, 1.807) is 12.1 Å². The fourth-order valence-corrected chi connectivity index (χ4v) is 2.55. The molecule has 0 aromatic heterocycles. The lowest BCUT2D eigenvalue weighted by molar-refractivity contribution is 0.523. The smallest absolute Gasteiger partial charge is 0.101 e. The van der Waals surface area contributed by atoms with Crippen molar-refractivity contribution < 1.29 is 0 Å². The highest BCUT2D eigenvalue weighted by atomic mass is 15.0. The Morgan fingerprint density at radius 1 is 1.37 bits per heavy atom. The number of hydrogen-bond acceptors (Lipinski definition) is 4. The average molecular weight is 254 g/mol. The standard InChI is InChI=1S/C15H18N4/c1-11(7-14-3-2-6-18-14)19-15-5-4-12(9-16)13(8-15)10-17/h4-5,8,11,14,18-19H,2-3,6-7H2,1H3. The maximum Gasteiger partial charge on any atom is 0.101 e. The lowest BCUT2D eigenvalue weighted by Crippen LogP contribution is -2.29. The van der Waals surface area contributed by atoms with Gasteiger partial charge in [-0.25, -0.2) is 0 Å². The number of anilines is 1. The molecule has 4 nitrogen and oxygen atoms in total. The molecule has 2 rings (SSSR count). The zero-order valence-electron chi connectivity index (χ0n) is 11.1. The topological polar surface area (TPSA) is 71.6 Å². The van der Waals surface area contributed by atoms with Gasteiger partial charge < -0.3 is 10.6 Å². The van der Waals surface area contributed by atoms with Gasteiger partial charge in [0.05, 0.1) is 11.1 Å². The molecule has 0 saturated carbocycles. The molecule has 1 aromatic rings. The van der Waals surface area contributed by atoms with Crippen LogP contribution in [-0.4, -0.2) is 18.6 Å². The van der Waals surface area contributed by atoms with Crippen molar-refractivity contribution >= 4 is 5.69 Å². The minimum atomic E-state index is 0.343. The predicted octanol–water partition coefficient (Wildman–Crippen LogP) is 2.37. The van der Waals surface area contributed by atoms with Crippen LogP contribution in [0.4, 0.5) is 5.69 Å². The third kappa shape index (κ3) is 3.47. The first-order valence-electron chi connectivity index (χ1n) is 6.67. The molecule has 1 heterocycles. The Balaban J connectivity index is 1.99. The summed E-state index contributed by atoms with van der Waals surface area (Å²) in [4.78, 5) is 0. The van der Waals surface area contributed by atoms with Crippen molar-refractivity contribution in [1.29, 1.82) is 10.5 Å². The van der Waals surface area contributed by atoms with E-state index in [0.29, 0.717) is 23.2 Å². The van der Waals surface area contributed by atoms with Crippen molar-refractivity contribution in [3.63, 3.8) is 0 Å². The first-order chi connectivity index (χ1) is 9.22. The monoisotopic (exact) mass is 254 g/mol. The highest BCUT2D eigenvalue weighted by molar-refractivity contribution is 5.56. The second kappa shape index (κ2) is 6.22. The molecule has 0 amide bonds. The first-order valence-corrected chi connectivity index (χ1v) is 6.67. The minimum absolute atomic E-state index is 0.343. The summed E-state index contributed by atoms with van der Waals surface area (Å²) in [5.41, 5.74) is 1.76. The number of nitrogens with one attached hydrogen (secondary N) is 2. The number of benzene rings is 1. The van der Waals surface area contributed by atoms with Crippen LogP contribution >= 0.6 is 0 Å². The SMILES string of the molecule is CC(CC1CCCN1)Nc1ccc(C#N)c(C#N)c1. The fraction of sp³-hybridized carbons (Fsp3) is 0.467. The van der Waals surface area contributed by atoms with Gasteiger partial charge in [-0.15, -0.1) is 0 Å². The molecule has 0 bridgehead atoms. The van der Waals surface area contributed by atoms with Gasteiger partial charge in [0.2, 0.25) is 0 Å². The van der Waals surface area contributed by atoms with E-state index < -0.39 is 0 Å². The Labute approximate surface area is 114 Å². The summed E-state index contributed by atoms with van der Waals surface area (Å²) in [6.07, 6.45) is 3.57. The molecule has 4 heteroatoms. The van der Waals surface area contributed by atoms with Crippen LogP contribution in [0.2, 0.25) is 0 Å². The highest BCUT2D eigenvalue weighted by Gasteiger charge is 2.17. The van der Waals surface area contributed by atoms with Gasteiger partial charge in [0.15, 0.2) is 0 Å². The van der Waals surface area contributed by atoms with Crippen LogP contribution in [0.1, 0.15) is 37.3 Å². The Kier molecular flexibility index (Phi) is 4.39. The summed E-state index contributed by atoms with van der Waals surface area (Å²) in [7, 11) is 0. The Hall–Kier alpha value is -2.04. The predicted molar refractivity (Wildman–Crippen MR) is 74.6 cm³/mol. The van der Waals surface area contributed by atoms with Crippen LogP contribution in [0.5, 0.6) is 0 Å². The van der Waals surface area contributed by atoms with Gasteiger partial charge >= 0.3 is 0 Å². The summed E-state index contributed by atoms with van der Waals surface area (Å²) in [6.45, 7) is 3.26. The molecule has 1 fully saturated rings. The van der Waals surface area contributed by atoms with E-state index in [1.165, 1.54) is 12.8 Å². The van der Waals surface area contributed by atoms with Crippen molar-refractivity contribution in [3.8, 4) is 12.1 Å². The number of hydrogen-bond donors (Lipinski definition) is 2. The van der Waals surface area contributed by atoms with Crippen LogP contribution in [0.15, 0.2) is 18.2 Å². The second-order valence-corrected chi connectivity index (χ2v) is 5.06. The van der Waals surface area contributed by atoms with Crippen LogP contribution in [0, 0.1) is 22.7 Å². The molecule has 0 spiro atoms. The van der Waals surface area contributed by atoms with Crippen molar-refractivity contribution in [2.75, 3.05) is 11.9 Å². The van der Waals surface area contributed by atoms with E-state index in [9.17, 15) is 0 Å². The molecule has 1 saturated heterocycles. The van der Waals surface area contributed by atoms with Gasteiger partial charge in [-0.2, -0.15) is 10.5 Å². The highest BCUT2D eigenvalue weighted by Crippen LogP contribution is 2.18. The van der Waals surface area contributed by atoms with Crippen molar-refractivity contribution in [3.05, 3.63) is 29.3 Å². The van der Waals surface area contributed by atoms with Gasteiger partial charge in [-0.1, -0.05) is 0 Å². The average Bonchev–Trinajstić information content (AvgIpc) is 2.91. The summed E-state index contributed by atoms with van der Waals surface area (Å²) < 4.78 is 0. The first kappa shape index (κ1) is 13.4. The van der Waals surface area contributed by atoms with Crippen LogP contribution in [-0.2, 0) is 0 Å². The van der Waals surface area contributed by atoms with E-state index in [2.05, 4.69) is 23.6 Å². The van der Waals surface area contributed by atoms with Gasteiger partial charge in [-0.05, 0) is 50.9 Å². The maximum absolute atomic E-state index is 9.00. The molecule has 1 aliphatic heterocycles. The third-order valence-electron chi connectivity index (χ3n) is 3.47. The van der Waals surface area contributed by atoms with Crippen LogP contribution in [0.25, 0.3) is 0 Å². The molecule has 2 atom stereocenters. The normalized spacial score (nSPS) is 19.4. The Morgan fingerprint density at radius 2 is 2.16 bits per heavy atom. The van der Waals surface area contributed by atoms with E-state index in [4.69, 9.17) is 10.5 Å². The van der Waals surface area contributed by atoms with Gasteiger partial charge in [0.1, 0.15) is 12.1 Å². The zero-order chi connectivity index (χ0) is 13.7. The summed E-state index contributed by atoms with van der Waals surface area (Å²) in [6, 6.07) is 10.3. The van der Waals surface area contributed by atoms with E-state index in [0.717, 1.165) is 18.7 Å². The molecule has 0 radical (unpaired) electrons. The Bertz CT molecular complexity index is 518. The number of nitriles is 2. The molecule has 2 unspecified atom stereocenters. The quantitative estimate of drug-likeness (QED) is 0.865. The maximum atomic E-state index is 9.00. The summed E-state index contributed by atoms with van der Waals surface area (Å²) in [5, 5.41) is 24.8. The zero-order valence-corrected chi connectivity index (χ0v) is 11.1. The van der Waals surface area contributed by atoms with Crippen molar-refractivity contribution in [2.24, 2.45) is 0 Å². The van der Waals surface area contributed by atoms with Gasteiger partial charge in [-0.3, -0.25) is 0 Å². The summed E-state index contributed by atoms with van der Waals surface area (Å²) in [5.74, 6) is 0. The number of rotatable bonds is 4. The van der Waals surface area contributed by atoms with Crippen molar-refractivity contribution in [1.82, 2.24) is 5.32 Å². The Morgan fingerprint density at radius 3 is 2.79 bits per heavy atom. The minimum Gasteiger partial charge on any atom is -0.382 e. The van der Waals surface area contributed by atoms with E-state index >= 15 is 0 Å². The lowest BCUT2D eigenvalue weighted by atomic mass is 10.1. The summed E-state index contributed by atoms with van der Waals surface area (Å²) >= 11 is 0. The molecule has 0 aliphatic carbocycles. The van der Waals surface area contributed by atoms with E-state index in [-0.39, 0.29) is 0 Å². The molecule has 1 aliphatic rings. The van der Waals surface area contributed by atoms with Crippen LogP contribution in [0.3, 0.4) is 0 Å². The molecular weight excluding hydrogens is 236 g/mol. The van der Waals surface area contributed by atoms with Crippen molar-refractivity contribution in [2.45, 2.75) is 38.3 Å². The molecule has 19 heavy (non-hydrogen) atoms. The molecule has 2 N–H and O–H groups in total. The van der Waals surface area contributed by atoms with Crippen LogP contribution < -0.4 is 10.6 Å². The molecule has 98 valence electrons. The largest absolute Gasteiger partial charge is 0.382 e. The van der Waals surface area contributed by atoms with E-state index in [1.807, 2.05) is 12.1 Å². The number of nitrogens with zero attached hydrogens (tertiary/aromatic N) is 2. The molecular formula is C15H18N4. The molecule has 1 aromatic carbocycles. The fourth-order valence-electron chi connectivity index (χ4n) is 2.55. The lowest BCUT2D eigenvalue weighted by Gasteiger charge is -2.19. The second-order valence-electron chi connectivity index (χ2n) is 5.06.